The first-order chi connectivity index (χ1) is 10.1. The van der Waals surface area contributed by atoms with Crippen LogP contribution in [0.25, 0.3) is 0 Å². The molecule has 0 aliphatic heterocycles. The Hall–Kier alpha value is -2.01. The molecule has 2 N–H and O–H groups in total. The molecular weight excluding hydrogens is 332 g/mol. The maximum absolute atomic E-state index is 12.0. The van der Waals surface area contributed by atoms with Gasteiger partial charge in [0.15, 0.2) is 0 Å². The molecule has 2 amide bonds. The van der Waals surface area contributed by atoms with Gasteiger partial charge in [-0.25, -0.2) is 4.79 Å². The summed E-state index contributed by atoms with van der Waals surface area (Å²) in [6.07, 6.45) is 0. The molecule has 0 aromatic heterocycles. The van der Waals surface area contributed by atoms with Gasteiger partial charge in [-0.2, -0.15) is 0 Å². The molecule has 1 atom stereocenters. The van der Waals surface area contributed by atoms with Gasteiger partial charge < -0.3 is 15.4 Å². The van der Waals surface area contributed by atoms with Crippen molar-refractivity contribution in [3.05, 3.63) is 58.6 Å². The zero-order valence-electron chi connectivity index (χ0n) is 11.9. The number of nitrogens with one attached hydrogen (secondary N) is 2. The van der Waals surface area contributed by atoms with Gasteiger partial charge in [0.25, 0.3) is 0 Å². The average molecular weight is 349 g/mol. The molecule has 4 nitrogen and oxygen atoms in total. The molecule has 2 aromatic carbocycles. The van der Waals surface area contributed by atoms with Crippen LogP contribution in [0.2, 0.25) is 0 Å². The van der Waals surface area contributed by atoms with Crippen LogP contribution < -0.4 is 15.4 Å². The van der Waals surface area contributed by atoms with E-state index < -0.39 is 0 Å². The monoisotopic (exact) mass is 348 g/mol. The number of amides is 2. The van der Waals surface area contributed by atoms with Crippen LogP contribution in [0.15, 0.2) is 53.0 Å². The summed E-state index contributed by atoms with van der Waals surface area (Å²) in [7, 11) is 1.61. The van der Waals surface area contributed by atoms with Crippen molar-refractivity contribution in [2.45, 2.75) is 13.0 Å². The minimum absolute atomic E-state index is 0.0983. The van der Waals surface area contributed by atoms with Gasteiger partial charge in [0, 0.05) is 10.2 Å². The van der Waals surface area contributed by atoms with Crippen molar-refractivity contribution < 1.29 is 9.53 Å². The van der Waals surface area contributed by atoms with E-state index in [0.717, 1.165) is 15.8 Å². The number of halogens is 1. The summed E-state index contributed by atoms with van der Waals surface area (Å²) in [4.78, 5) is 12.0. The molecule has 21 heavy (non-hydrogen) atoms. The molecule has 0 radical (unpaired) electrons. The molecule has 1 unspecified atom stereocenters. The van der Waals surface area contributed by atoms with Crippen LogP contribution >= 0.6 is 15.9 Å². The molecule has 0 fully saturated rings. The average Bonchev–Trinajstić information content (AvgIpc) is 2.48. The summed E-state index contributed by atoms with van der Waals surface area (Å²) in [5.41, 5.74) is 1.75. The third kappa shape index (κ3) is 4.23. The van der Waals surface area contributed by atoms with Gasteiger partial charge in [-0.05, 0) is 42.8 Å². The Labute approximate surface area is 132 Å². The maximum Gasteiger partial charge on any atom is 0.319 e. The van der Waals surface area contributed by atoms with E-state index in [4.69, 9.17) is 4.74 Å². The second-order valence-electron chi connectivity index (χ2n) is 4.57. The summed E-state index contributed by atoms with van der Waals surface area (Å²) in [6.45, 7) is 1.94. The number of hydrogen-bond acceptors (Lipinski definition) is 2. The highest BCUT2D eigenvalue weighted by atomic mass is 79.9. The predicted molar refractivity (Wildman–Crippen MR) is 87.7 cm³/mol. The SMILES string of the molecule is COc1ccc(NC(=O)NC(C)c2ccccc2Br)cc1. The Morgan fingerprint density at radius 1 is 1.14 bits per heavy atom. The van der Waals surface area contributed by atoms with Crippen molar-refractivity contribution in [2.75, 3.05) is 12.4 Å². The van der Waals surface area contributed by atoms with E-state index in [1.54, 1.807) is 31.4 Å². The molecule has 0 spiro atoms. The minimum atomic E-state index is -0.247. The molecule has 0 aliphatic rings. The number of rotatable bonds is 4. The van der Waals surface area contributed by atoms with Crippen LogP contribution in [-0.4, -0.2) is 13.1 Å². The Balaban J connectivity index is 1.96. The highest BCUT2D eigenvalue weighted by Crippen LogP contribution is 2.23. The number of hydrogen-bond donors (Lipinski definition) is 2. The zero-order valence-corrected chi connectivity index (χ0v) is 13.5. The first-order valence-electron chi connectivity index (χ1n) is 6.56. The van der Waals surface area contributed by atoms with Crippen LogP contribution in [0.3, 0.4) is 0 Å². The number of methoxy groups -OCH3 is 1. The predicted octanol–water partition coefficient (Wildman–Crippen LogP) is 4.34. The molecular formula is C16H17BrN2O2. The normalized spacial score (nSPS) is 11.6. The molecule has 0 saturated heterocycles. The third-order valence-corrected chi connectivity index (χ3v) is 3.79. The topological polar surface area (TPSA) is 50.4 Å². The third-order valence-electron chi connectivity index (χ3n) is 3.07. The van der Waals surface area contributed by atoms with E-state index in [2.05, 4.69) is 26.6 Å². The zero-order chi connectivity index (χ0) is 15.2. The Morgan fingerprint density at radius 3 is 2.43 bits per heavy atom. The van der Waals surface area contributed by atoms with Crippen molar-refractivity contribution in [2.24, 2.45) is 0 Å². The Kier molecular flexibility index (Phi) is 5.22. The Morgan fingerprint density at radius 2 is 1.81 bits per heavy atom. The van der Waals surface area contributed by atoms with Gasteiger partial charge >= 0.3 is 6.03 Å². The quantitative estimate of drug-likeness (QED) is 0.863. The van der Waals surface area contributed by atoms with E-state index in [0.29, 0.717) is 5.69 Å². The number of urea groups is 1. The van der Waals surface area contributed by atoms with Gasteiger partial charge in [-0.3, -0.25) is 0 Å². The number of benzene rings is 2. The molecule has 2 aromatic rings. The van der Waals surface area contributed by atoms with E-state index in [9.17, 15) is 4.79 Å². The maximum atomic E-state index is 12.0. The summed E-state index contributed by atoms with van der Waals surface area (Å²) < 4.78 is 6.05. The highest BCUT2D eigenvalue weighted by Gasteiger charge is 2.11. The second kappa shape index (κ2) is 7.13. The van der Waals surface area contributed by atoms with Gasteiger partial charge in [0.05, 0.1) is 13.2 Å². The van der Waals surface area contributed by atoms with Crippen LogP contribution in [0.4, 0.5) is 10.5 Å². The van der Waals surface area contributed by atoms with Crippen LogP contribution in [-0.2, 0) is 0 Å². The smallest absolute Gasteiger partial charge is 0.319 e. The number of ether oxygens (including phenoxy) is 1. The van der Waals surface area contributed by atoms with Crippen LogP contribution in [0.1, 0.15) is 18.5 Å². The van der Waals surface area contributed by atoms with Crippen molar-refractivity contribution in [3.63, 3.8) is 0 Å². The fourth-order valence-electron chi connectivity index (χ4n) is 1.94. The number of carbonyl (C=O) groups is 1. The van der Waals surface area contributed by atoms with Gasteiger partial charge in [-0.1, -0.05) is 34.1 Å². The van der Waals surface area contributed by atoms with E-state index >= 15 is 0 Å². The lowest BCUT2D eigenvalue weighted by molar-refractivity contribution is 0.249. The standard InChI is InChI=1S/C16H17BrN2O2/c1-11(14-5-3-4-6-15(14)17)18-16(20)19-12-7-9-13(21-2)10-8-12/h3-11H,1-2H3,(H2,18,19,20). The van der Waals surface area contributed by atoms with Crippen molar-refractivity contribution in [1.29, 1.82) is 0 Å². The van der Waals surface area contributed by atoms with Crippen molar-refractivity contribution in [3.8, 4) is 5.75 Å². The van der Waals surface area contributed by atoms with E-state index in [-0.39, 0.29) is 12.1 Å². The largest absolute Gasteiger partial charge is 0.497 e. The molecule has 0 aliphatic carbocycles. The molecule has 5 heteroatoms. The lowest BCUT2D eigenvalue weighted by Crippen LogP contribution is -2.31. The van der Waals surface area contributed by atoms with Gasteiger partial charge in [0.2, 0.25) is 0 Å². The van der Waals surface area contributed by atoms with Gasteiger partial charge in [-0.15, -0.1) is 0 Å². The highest BCUT2D eigenvalue weighted by molar-refractivity contribution is 9.10. The molecule has 0 bridgehead atoms. The molecule has 2 rings (SSSR count). The fraction of sp³-hybridized carbons (Fsp3) is 0.188. The molecule has 110 valence electrons. The molecule has 0 heterocycles. The van der Waals surface area contributed by atoms with Crippen molar-refractivity contribution in [1.82, 2.24) is 5.32 Å². The summed E-state index contributed by atoms with van der Waals surface area (Å²) >= 11 is 3.48. The first kappa shape index (κ1) is 15.4. The lowest BCUT2D eigenvalue weighted by Gasteiger charge is -2.16. The summed E-state index contributed by atoms with van der Waals surface area (Å²) in [6, 6.07) is 14.7. The van der Waals surface area contributed by atoms with E-state index in [1.165, 1.54) is 0 Å². The molecule has 0 saturated carbocycles. The van der Waals surface area contributed by atoms with Crippen LogP contribution in [0.5, 0.6) is 5.75 Å². The van der Waals surface area contributed by atoms with Crippen LogP contribution in [0, 0.1) is 0 Å². The number of anilines is 1. The van der Waals surface area contributed by atoms with Gasteiger partial charge in [0.1, 0.15) is 5.75 Å². The number of carbonyl (C=O) groups excluding carboxylic acids is 1. The second-order valence-corrected chi connectivity index (χ2v) is 5.42. The first-order valence-corrected chi connectivity index (χ1v) is 7.35. The summed E-state index contributed by atoms with van der Waals surface area (Å²) in [5.74, 6) is 0.752. The Bertz CT molecular complexity index is 614. The summed E-state index contributed by atoms with van der Waals surface area (Å²) in [5, 5.41) is 5.70. The van der Waals surface area contributed by atoms with Crippen molar-refractivity contribution >= 4 is 27.6 Å². The minimum Gasteiger partial charge on any atom is -0.497 e. The lowest BCUT2D eigenvalue weighted by atomic mass is 10.1. The van der Waals surface area contributed by atoms with E-state index in [1.807, 2.05) is 31.2 Å². The fourth-order valence-corrected chi connectivity index (χ4v) is 2.57.